The first-order valence-electron chi connectivity index (χ1n) is 8.48. The van der Waals surface area contributed by atoms with Gasteiger partial charge in [-0.25, -0.2) is 4.79 Å². The van der Waals surface area contributed by atoms with Crippen LogP contribution in [0, 0.1) is 0 Å². The Kier molecular flexibility index (Phi) is 6.30. The number of thiophene rings is 1. The van der Waals surface area contributed by atoms with E-state index in [9.17, 15) is 14.4 Å². The summed E-state index contributed by atoms with van der Waals surface area (Å²) in [6.45, 7) is -0.452. The van der Waals surface area contributed by atoms with Crippen molar-refractivity contribution in [2.75, 3.05) is 26.1 Å². The highest BCUT2D eigenvalue weighted by atomic mass is 32.1. The molecule has 150 valence electrons. The third-order valence-electron chi connectivity index (χ3n) is 3.97. The van der Waals surface area contributed by atoms with E-state index in [-0.39, 0.29) is 28.7 Å². The molecular weight excluding hydrogens is 396 g/mol. The summed E-state index contributed by atoms with van der Waals surface area (Å²) in [4.78, 5) is 40.4. The molecule has 0 aliphatic carbocycles. The van der Waals surface area contributed by atoms with Gasteiger partial charge in [0.1, 0.15) is 0 Å². The zero-order valence-corrected chi connectivity index (χ0v) is 16.5. The van der Waals surface area contributed by atoms with Crippen molar-refractivity contribution >= 4 is 34.7 Å². The standard InChI is InChI=1S/C20H18N2O6S/c1-26-16-9-12(20(25)28-11-15(23)13-5-3-7-21-13)14(10-17(16)27-2)22-19(24)18-6-4-8-29-18/h3-10,21H,11H2,1-2H3,(H,22,24). The Hall–Kier alpha value is -3.59. The van der Waals surface area contributed by atoms with Crippen LogP contribution >= 0.6 is 11.3 Å². The van der Waals surface area contributed by atoms with Gasteiger partial charge in [0.05, 0.1) is 36.0 Å². The van der Waals surface area contributed by atoms with E-state index in [4.69, 9.17) is 14.2 Å². The van der Waals surface area contributed by atoms with E-state index in [2.05, 4.69) is 10.3 Å². The second-order valence-corrected chi connectivity index (χ2v) is 6.72. The lowest BCUT2D eigenvalue weighted by Crippen LogP contribution is -2.18. The van der Waals surface area contributed by atoms with Gasteiger partial charge in [0.15, 0.2) is 18.1 Å². The molecule has 1 amide bonds. The summed E-state index contributed by atoms with van der Waals surface area (Å²) in [6, 6.07) is 9.52. The fourth-order valence-corrected chi connectivity index (χ4v) is 3.15. The summed E-state index contributed by atoms with van der Waals surface area (Å²) in [7, 11) is 2.86. The fraction of sp³-hybridized carbons (Fsp3) is 0.150. The van der Waals surface area contributed by atoms with Crippen LogP contribution in [0.3, 0.4) is 0 Å². The first-order chi connectivity index (χ1) is 14.0. The molecule has 0 fully saturated rings. The smallest absolute Gasteiger partial charge is 0.340 e. The number of carbonyl (C=O) groups excluding carboxylic acids is 3. The number of ketones is 1. The minimum absolute atomic E-state index is 0.0341. The molecule has 0 aliphatic heterocycles. The van der Waals surface area contributed by atoms with Crippen molar-refractivity contribution < 1.29 is 28.6 Å². The van der Waals surface area contributed by atoms with E-state index in [1.54, 1.807) is 35.8 Å². The first kappa shape index (κ1) is 20.2. The topological polar surface area (TPSA) is 107 Å². The molecule has 3 rings (SSSR count). The van der Waals surface area contributed by atoms with E-state index >= 15 is 0 Å². The molecule has 1 aromatic carbocycles. The number of nitrogens with one attached hydrogen (secondary N) is 2. The first-order valence-corrected chi connectivity index (χ1v) is 9.36. The molecule has 0 bridgehead atoms. The second-order valence-electron chi connectivity index (χ2n) is 5.77. The summed E-state index contributed by atoms with van der Waals surface area (Å²) in [5.41, 5.74) is 0.543. The average Bonchev–Trinajstić information content (AvgIpc) is 3.45. The Labute approximate surface area is 170 Å². The third-order valence-corrected chi connectivity index (χ3v) is 4.84. The van der Waals surface area contributed by atoms with Gasteiger partial charge in [0.25, 0.3) is 5.91 Å². The minimum atomic E-state index is -0.785. The molecule has 8 nitrogen and oxygen atoms in total. The Balaban J connectivity index is 1.85. The number of esters is 1. The van der Waals surface area contributed by atoms with Crippen molar-refractivity contribution in [1.29, 1.82) is 0 Å². The molecule has 0 spiro atoms. The third kappa shape index (κ3) is 4.64. The number of aromatic amines is 1. The van der Waals surface area contributed by atoms with Gasteiger partial charge in [-0.05, 0) is 23.6 Å². The molecular formula is C20H18N2O6S. The summed E-state index contributed by atoms with van der Waals surface area (Å²) < 4.78 is 15.6. The molecule has 2 N–H and O–H groups in total. The van der Waals surface area contributed by atoms with Crippen LogP contribution in [0.25, 0.3) is 0 Å². The van der Waals surface area contributed by atoms with Gasteiger partial charge in [-0.3, -0.25) is 9.59 Å². The molecule has 2 heterocycles. The Morgan fingerprint density at radius 2 is 1.83 bits per heavy atom. The minimum Gasteiger partial charge on any atom is -0.493 e. The van der Waals surface area contributed by atoms with E-state index in [0.717, 1.165) is 0 Å². The molecule has 2 aromatic heterocycles. The maximum atomic E-state index is 12.6. The van der Waals surface area contributed by atoms with Crippen LogP contribution in [0.1, 0.15) is 30.5 Å². The van der Waals surface area contributed by atoms with Crippen LogP contribution in [0.4, 0.5) is 5.69 Å². The van der Waals surface area contributed by atoms with E-state index in [1.165, 1.54) is 37.7 Å². The number of ether oxygens (including phenoxy) is 3. The number of Topliss-reactive ketones (excluding diaryl/α,β-unsaturated/α-hetero) is 1. The summed E-state index contributed by atoms with van der Waals surface area (Å²) in [5, 5.41) is 4.45. The SMILES string of the molecule is COc1cc(NC(=O)c2cccs2)c(C(=O)OCC(=O)c2ccc[nH]2)cc1OC. The van der Waals surface area contributed by atoms with Crippen LogP contribution in [-0.4, -0.2) is 43.5 Å². The number of amides is 1. The van der Waals surface area contributed by atoms with Crippen LogP contribution in [0.2, 0.25) is 0 Å². The lowest BCUT2D eigenvalue weighted by Gasteiger charge is -2.15. The lowest BCUT2D eigenvalue weighted by atomic mass is 10.1. The number of hydrogen-bond donors (Lipinski definition) is 2. The number of anilines is 1. The monoisotopic (exact) mass is 414 g/mol. The van der Waals surface area contributed by atoms with Crippen molar-refractivity contribution in [3.05, 3.63) is 64.1 Å². The number of methoxy groups -OCH3 is 2. The van der Waals surface area contributed by atoms with Crippen LogP contribution in [0.15, 0.2) is 48.0 Å². The van der Waals surface area contributed by atoms with Crippen molar-refractivity contribution in [1.82, 2.24) is 4.98 Å². The number of carbonyl (C=O) groups is 3. The molecule has 0 saturated heterocycles. The number of rotatable bonds is 8. The maximum Gasteiger partial charge on any atom is 0.340 e. The largest absolute Gasteiger partial charge is 0.493 e. The highest BCUT2D eigenvalue weighted by Gasteiger charge is 2.21. The van der Waals surface area contributed by atoms with E-state index in [0.29, 0.717) is 16.3 Å². The van der Waals surface area contributed by atoms with E-state index in [1.807, 2.05) is 0 Å². The van der Waals surface area contributed by atoms with Crippen molar-refractivity contribution in [2.24, 2.45) is 0 Å². The molecule has 0 unspecified atom stereocenters. The van der Waals surface area contributed by atoms with Crippen LogP contribution in [-0.2, 0) is 4.74 Å². The van der Waals surface area contributed by atoms with E-state index < -0.39 is 12.6 Å². The molecule has 0 radical (unpaired) electrons. The summed E-state index contributed by atoms with van der Waals surface area (Å²) in [5.74, 6) is -0.943. The molecule has 0 atom stereocenters. The maximum absolute atomic E-state index is 12.6. The molecule has 29 heavy (non-hydrogen) atoms. The molecule has 0 saturated carbocycles. The summed E-state index contributed by atoms with van der Waals surface area (Å²) >= 11 is 1.26. The molecule has 0 aliphatic rings. The normalized spacial score (nSPS) is 10.3. The van der Waals surface area contributed by atoms with Gasteiger partial charge in [-0.1, -0.05) is 6.07 Å². The van der Waals surface area contributed by atoms with Gasteiger partial charge < -0.3 is 24.5 Å². The Bertz CT molecular complexity index is 1010. The summed E-state index contributed by atoms with van der Waals surface area (Å²) in [6.07, 6.45) is 1.60. The average molecular weight is 414 g/mol. The predicted octanol–water partition coefficient (Wildman–Crippen LogP) is 3.39. The number of benzene rings is 1. The predicted molar refractivity (Wildman–Crippen MR) is 107 cm³/mol. The van der Waals surface area contributed by atoms with Crippen molar-refractivity contribution in [3.63, 3.8) is 0 Å². The number of H-pyrrole nitrogens is 1. The van der Waals surface area contributed by atoms with Gasteiger partial charge in [0, 0.05) is 18.3 Å². The van der Waals surface area contributed by atoms with Crippen LogP contribution in [0.5, 0.6) is 11.5 Å². The second kappa shape index (κ2) is 9.07. The Morgan fingerprint density at radius 3 is 2.45 bits per heavy atom. The highest BCUT2D eigenvalue weighted by Crippen LogP contribution is 2.34. The number of aromatic nitrogens is 1. The zero-order chi connectivity index (χ0) is 20.8. The number of hydrogen-bond acceptors (Lipinski definition) is 7. The quantitative estimate of drug-likeness (QED) is 0.432. The van der Waals surface area contributed by atoms with Crippen molar-refractivity contribution in [3.8, 4) is 11.5 Å². The lowest BCUT2D eigenvalue weighted by molar-refractivity contribution is 0.0474. The van der Waals surface area contributed by atoms with Gasteiger partial charge in [0.2, 0.25) is 5.78 Å². The molecule has 9 heteroatoms. The van der Waals surface area contributed by atoms with Gasteiger partial charge in [-0.2, -0.15) is 0 Å². The molecule has 3 aromatic rings. The fourth-order valence-electron chi connectivity index (χ4n) is 2.53. The van der Waals surface area contributed by atoms with Crippen LogP contribution < -0.4 is 14.8 Å². The zero-order valence-electron chi connectivity index (χ0n) is 15.7. The highest BCUT2D eigenvalue weighted by molar-refractivity contribution is 7.12. The van der Waals surface area contributed by atoms with Gasteiger partial charge in [-0.15, -0.1) is 11.3 Å². The van der Waals surface area contributed by atoms with Crippen molar-refractivity contribution in [2.45, 2.75) is 0 Å². The van der Waals surface area contributed by atoms with Gasteiger partial charge >= 0.3 is 5.97 Å². The Morgan fingerprint density at radius 1 is 1.07 bits per heavy atom.